The molecule has 0 aliphatic rings. The lowest BCUT2D eigenvalue weighted by Crippen LogP contribution is -2.17. The van der Waals surface area contributed by atoms with Crippen molar-refractivity contribution in [3.63, 3.8) is 0 Å². The Kier molecular flexibility index (Phi) is 4.15. The Morgan fingerprint density at radius 2 is 1.85 bits per heavy atom. The minimum absolute atomic E-state index is 0.125. The van der Waals surface area contributed by atoms with Crippen LogP contribution in [0.15, 0.2) is 47.6 Å². The number of benzene rings is 2. The minimum Gasteiger partial charge on any atom is -0.508 e. The molecule has 0 unspecified atom stereocenters. The summed E-state index contributed by atoms with van der Waals surface area (Å²) in [4.78, 5) is 11.8. The molecule has 102 valence electrons. The molecule has 2 aromatic carbocycles. The normalized spacial score (nSPS) is 10.7. The van der Waals surface area contributed by atoms with E-state index in [1.54, 1.807) is 6.21 Å². The van der Waals surface area contributed by atoms with E-state index in [2.05, 4.69) is 10.5 Å². The van der Waals surface area contributed by atoms with Gasteiger partial charge in [-0.15, -0.1) is 0 Å². The van der Waals surface area contributed by atoms with E-state index in [-0.39, 0.29) is 11.7 Å². The van der Waals surface area contributed by atoms with Crippen LogP contribution in [0, 0.1) is 13.8 Å². The van der Waals surface area contributed by atoms with Crippen LogP contribution in [0.2, 0.25) is 0 Å². The molecule has 0 heterocycles. The Balaban J connectivity index is 2.04. The number of amides is 1. The van der Waals surface area contributed by atoms with Gasteiger partial charge in [0, 0.05) is 5.56 Å². The summed E-state index contributed by atoms with van der Waals surface area (Å²) in [5, 5.41) is 13.1. The third-order valence-electron chi connectivity index (χ3n) is 2.93. The quantitative estimate of drug-likeness (QED) is 0.664. The fourth-order valence-electron chi connectivity index (χ4n) is 1.74. The molecule has 0 radical (unpaired) electrons. The predicted octanol–water partition coefficient (Wildman–Crippen LogP) is 2.77. The molecule has 2 rings (SSSR count). The van der Waals surface area contributed by atoms with Gasteiger partial charge in [-0.2, -0.15) is 5.10 Å². The van der Waals surface area contributed by atoms with Crippen molar-refractivity contribution < 1.29 is 9.90 Å². The second kappa shape index (κ2) is 6.02. The first-order valence-corrected chi connectivity index (χ1v) is 6.26. The van der Waals surface area contributed by atoms with Gasteiger partial charge in [0.25, 0.3) is 5.91 Å². The molecule has 2 N–H and O–H groups in total. The van der Waals surface area contributed by atoms with Crippen LogP contribution in [0.1, 0.15) is 27.0 Å². The molecule has 1 amide bonds. The number of phenols is 1. The van der Waals surface area contributed by atoms with Crippen molar-refractivity contribution in [2.75, 3.05) is 0 Å². The maximum absolute atomic E-state index is 11.8. The van der Waals surface area contributed by atoms with Crippen LogP contribution in [0.25, 0.3) is 0 Å². The predicted molar refractivity (Wildman–Crippen MR) is 79.1 cm³/mol. The fourth-order valence-corrected chi connectivity index (χ4v) is 1.74. The molecular weight excluding hydrogens is 252 g/mol. The summed E-state index contributed by atoms with van der Waals surface area (Å²) < 4.78 is 0. The molecule has 0 spiro atoms. The number of nitrogens with zero attached hydrogens (tertiary/aromatic N) is 1. The van der Waals surface area contributed by atoms with Gasteiger partial charge in [0.05, 0.1) is 6.21 Å². The highest BCUT2D eigenvalue weighted by Crippen LogP contribution is 2.10. The standard InChI is InChI=1S/C16H16N2O2/c1-11-3-4-12(2)14(9-11)10-17-18-16(20)13-5-7-15(19)8-6-13/h3-10,19H,1-2H3,(H,18,20)/b17-10+. The molecule has 20 heavy (non-hydrogen) atoms. The van der Waals surface area contributed by atoms with E-state index in [0.717, 1.165) is 16.7 Å². The van der Waals surface area contributed by atoms with Crippen LogP contribution in [0.4, 0.5) is 0 Å². The van der Waals surface area contributed by atoms with Crippen molar-refractivity contribution in [3.05, 3.63) is 64.7 Å². The summed E-state index contributed by atoms with van der Waals surface area (Å²) in [5.74, 6) is -0.188. The summed E-state index contributed by atoms with van der Waals surface area (Å²) in [7, 11) is 0. The zero-order valence-electron chi connectivity index (χ0n) is 11.4. The van der Waals surface area contributed by atoms with Crippen molar-refractivity contribution in [3.8, 4) is 5.75 Å². The zero-order valence-corrected chi connectivity index (χ0v) is 11.4. The number of rotatable bonds is 3. The Bertz CT molecular complexity index is 646. The molecule has 0 fully saturated rings. The molecule has 0 aliphatic heterocycles. The van der Waals surface area contributed by atoms with Crippen molar-refractivity contribution in [2.24, 2.45) is 5.10 Å². The molecule has 0 bridgehead atoms. The summed E-state index contributed by atoms with van der Waals surface area (Å²) in [5.41, 5.74) is 6.11. The van der Waals surface area contributed by atoms with Crippen molar-refractivity contribution in [2.45, 2.75) is 13.8 Å². The first kappa shape index (κ1) is 13.8. The van der Waals surface area contributed by atoms with Crippen LogP contribution in [-0.2, 0) is 0 Å². The topological polar surface area (TPSA) is 61.7 Å². The number of hydrogen-bond acceptors (Lipinski definition) is 3. The Hall–Kier alpha value is -2.62. The van der Waals surface area contributed by atoms with Gasteiger partial charge >= 0.3 is 0 Å². The molecular formula is C16H16N2O2. The monoisotopic (exact) mass is 268 g/mol. The number of hydrogen-bond donors (Lipinski definition) is 2. The molecule has 4 nitrogen and oxygen atoms in total. The number of aryl methyl sites for hydroxylation is 2. The average molecular weight is 268 g/mol. The number of carbonyl (C=O) groups is 1. The van der Waals surface area contributed by atoms with Crippen molar-refractivity contribution >= 4 is 12.1 Å². The molecule has 0 aliphatic carbocycles. The lowest BCUT2D eigenvalue weighted by molar-refractivity contribution is 0.0955. The Morgan fingerprint density at radius 1 is 1.15 bits per heavy atom. The van der Waals surface area contributed by atoms with E-state index >= 15 is 0 Å². The third kappa shape index (κ3) is 3.45. The van der Waals surface area contributed by atoms with Gasteiger partial charge < -0.3 is 5.11 Å². The van der Waals surface area contributed by atoms with Gasteiger partial charge in [-0.05, 0) is 49.2 Å². The average Bonchev–Trinajstić information content (AvgIpc) is 2.43. The lowest BCUT2D eigenvalue weighted by atomic mass is 10.1. The molecule has 0 atom stereocenters. The van der Waals surface area contributed by atoms with Gasteiger partial charge in [0.2, 0.25) is 0 Å². The van der Waals surface area contributed by atoms with Gasteiger partial charge in [-0.3, -0.25) is 4.79 Å². The summed E-state index contributed by atoms with van der Waals surface area (Å²) in [6, 6.07) is 12.1. The van der Waals surface area contributed by atoms with Gasteiger partial charge in [-0.25, -0.2) is 5.43 Å². The van der Waals surface area contributed by atoms with E-state index < -0.39 is 0 Å². The minimum atomic E-state index is -0.313. The highest BCUT2D eigenvalue weighted by molar-refractivity contribution is 5.95. The maximum Gasteiger partial charge on any atom is 0.271 e. The van der Waals surface area contributed by atoms with Crippen LogP contribution in [0.5, 0.6) is 5.75 Å². The molecule has 4 heteroatoms. The maximum atomic E-state index is 11.8. The number of aromatic hydroxyl groups is 1. The van der Waals surface area contributed by atoms with E-state index in [1.165, 1.54) is 24.3 Å². The number of nitrogens with one attached hydrogen (secondary N) is 1. The molecule has 2 aromatic rings. The molecule has 0 aromatic heterocycles. The van der Waals surface area contributed by atoms with Crippen LogP contribution in [0.3, 0.4) is 0 Å². The first-order valence-electron chi connectivity index (χ1n) is 6.26. The number of carbonyl (C=O) groups excluding carboxylic acids is 1. The SMILES string of the molecule is Cc1ccc(C)c(/C=N/NC(=O)c2ccc(O)cc2)c1. The van der Waals surface area contributed by atoms with Gasteiger partial charge in [0.1, 0.15) is 5.75 Å². The van der Waals surface area contributed by atoms with Crippen LogP contribution < -0.4 is 5.43 Å². The molecule has 0 saturated heterocycles. The van der Waals surface area contributed by atoms with E-state index in [1.807, 2.05) is 32.0 Å². The van der Waals surface area contributed by atoms with E-state index in [0.29, 0.717) is 5.56 Å². The second-order valence-corrected chi connectivity index (χ2v) is 4.61. The van der Waals surface area contributed by atoms with E-state index in [4.69, 9.17) is 5.11 Å². The highest BCUT2D eigenvalue weighted by Gasteiger charge is 2.03. The third-order valence-corrected chi connectivity index (χ3v) is 2.93. The zero-order chi connectivity index (χ0) is 14.5. The number of hydrazone groups is 1. The first-order chi connectivity index (χ1) is 9.56. The summed E-state index contributed by atoms with van der Waals surface area (Å²) in [6.07, 6.45) is 1.63. The van der Waals surface area contributed by atoms with E-state index in [9.17, 15) is 4.79 Å². The highest BCUT2D eigenvalue weighted by atomic mass is 16.3. The molecule has 0 saturated carbocycles. The number of phenolic OH excluding ortho intramolecular Hbond substituents is 1. The van der Waals surface area contributed by atoms with Gasteiger partial charge in [0.15, 0.2) is 0 Å². The summed E-state index contributed by atoms with van der Waals surface area (Å²) in [6.45, 7) is 3.99. The lowest BCUT2D eigenvalue weighted by Gasteiger charge is -2.02. The van der Waals surface area contributed by atoms with Gasteiger partial charge in [-0.1, -0.05) is 23.8 Å². The smallest absolute Gasteiger partial charge is 0.271 e. The second-order valence-electron chi connectivity index (χ2n) is 4.61. The fraction of sp³-hybridized carbons (Fsp3) is 0.125. The van der Waals surface area contributed by atoms with Crippen molar-refractivity contribution in [1.82, 2.24) is 5.43 Å². The Morgan fingerprint density at radius 3 is 2.55 bits per heavy atom. The Labute approximate surface area is 117 Å². The van der Waals surface area contributed by atoms with Crippen LogP contribution >= 0.6 is 0 Å². The van der Waals surface area contributed by atoms with Crippen molar-refractivity contribution in [1.29, 1.82) is 0 Å². The largest absolute Gasteiger partial charge is 0.508 e. The summed E-state index contributed by atoms with van der Waals surface area (Å²) >= 11 is 0. The van der Waals surface area contributed by atoms with Crippen LogP contribution in [-0.4, -0.2) is 17.2 Å².